The fraction of sp³-hybridized carbons (Fsp3) is 1.00. The third-order valence-corrected chi connectivity index (χ3v) is 3.19. The second-order valence-electron chi connectivity index (χ2n) is 4.36. The van der Waals surface area contributed by atoms with Gasteiger partial charge in [-0.2, -0.15) is 0 Å². The summed E-state index contributed by atoms with van der Waals surface area (Å²) in [6, 6.07) is 0.694. The molecule has 2 heteroatoms. The van der Waals surface area contributed by atoms with E-state index in [9.17, 15) is 0 Å². The average Bonchev–Trinajstić information content (AvgIpc) is 2.46. The maximum absolute atomic E-state index is 5.74. The van der Waals surface area contributed by atoms with Crippen LogP contribution in [0.2, 0.25) is 0 Å². The summed E-state index contributed by atoms with van der Waals surface area (Å²) in [6.07, 6.45) is 3.21. The van der Waals surface area contributed by atoms with Crippen molar-refractivity contribution in [3.8, 4) is 0 Å². The van der Waals surface area contributed by atoms with E-state index in [0.717, 1.165) is 12.5 Å². The predicted octanol–water partition coefficient (Wildman–Crippen LogP) is 1.51. The monoisotopic (exact) mass is 169 g/mol. The summed E-state index contributed by atoms with van der Waals surface area (Å²) in [5.41, 5.74) is 0. The highest BCUT2D eigenvalue weighted by atomic mass is 16.5. The minimum Gasteiger partial charge on any atom is -0.377 e. The molecule has 0 aromatic rings. The molecule has 2 atom stereocenters. The van der Waals surface area contributed by atoms with E-state index in [1.165, 1.54) is 25.9 Å². The van der Waals surface area contributed by atoms with Crippen LogP contribution in [0.1, 0.15) is 26.7 Å². The number of hydrogen-bond acceptors (Lipinski definition) is 2. The van der Waals surface area contributed by atoms with E-state index in [4.69, 9.17) is 4.74 Å². The number of ether oxygens (including phenoxy) is 1. The van der Waals surface area contributed by atoms with Gasteiger partial charge < -0.3 is 4.74 Å². The lowest BCUT2D eigenvalue weighted by Gasteiger charge is -2.24. The molecular formula is C10H19NO. The van der Waals surface area contributed by atoms with Crippen LogP contribution in [0, 0.1) is 5.92 Å². The van der Waals surface area contributed by atoms with E-state index in [2.05, 4.69) is 18.7 Å². The van der Waals surface area contributed by atoms with Gasteiger partial charge in [-0.1, -0.05) is 0 Å². The molecule has 2 aliphatic heterocycles. The zero-order chi connectivity index (χ0) is 8.55. The summed E-state index contributed by atoms with van der Waals surface area (Å²) in [5.74, 6) is 0.834. The number of hydrogen-bond donors (Lipinski definition) is 0. The molecule has 2 rings (SSSR count). The van der Waals surface area contributed by atoms with E-state index >= 15 is 0 Å². The summed E-state index contributed by atoms with van der Waals surface area (Å²) in [5, 5.41) is 0. The Morgan fingerprint density at radius 3 is 2.83 bits per heavy atom. The highest BCUT2D eigenvalue weighted by Crippen LogP contribution is 2.29. The molecule has 2 nitrogen and oxygen atoms in total. The maximum atomic E-state index is 5.74. The predicted molar refractivity (Wildman–Crippen MR) is 49.2 cm³/mol. The Labute approximate surface area is 74.9 Å². The molecule has 0 bridgehead atoms. The molecule has 2 heterocycles. The fourth-order valence-electron chi connectivity index (χ4n) is 2.34. The molecule has 2 saturated heterocycles. The van der Waals surface area contributed by atoms with Crippen LogP contribution in [-0.4, -0.2) is 36.7 Å². The first-order valence-electron chi connectivity index (χ1n) is 5.13. The molecule has 2 fully saturated rings. The van der Waals surface area contributed by atoms with E-state index < -0.39 is 0 Å². The summed E-state index contributed by atoms with van der Waals surface area (Å²) in [4.78, 5) is 2.54. The molecule has 70 valence electrons. The van der Waals surface area contributed by atoms with Gasteiger partial charge in [0, 0.05) is 25.7 Å². The summed E-state index contributed by atoms with van der Waals surface area (Å²) < 4.78 is 5.74. The third kappa shape index (κ3) is 1.50. The first-order valence-corrected chi connectivity index (χ1v) is 5.13. The largest absolute Gasteiger partial charge is 0.377 e. The molecule has 0 spiro atoms. The van der Waals surface area contributed by atoms with E-state index in [1.807, 2.05) is 0 Å². The number of fused-ring (bicyclic) bond motifs is 1. The van der Waals surface area contributed by atoms with Gasteiger partial charge in [0.15, 0.2) is 0 Å². The molecule has 12 heavy (non-hydrogen) atoms. The second-order valence-corrected chi connectivity index (χ2v) is 4.36. The zero-order valence-electron chi connectivity index (χ0n) is 8.12. The summed E-state index contributed by atoms with van der Waals surface area (Å²) >= 11 is 0. The van der Waals surface area contributed by atoms with Crippen LogP contribution < -0.4 is 0 Å². The molecule has 0 amide bonds. The van der Waals surface area contributed by atoms with Crippen molar-refractivity contribution in [3.63, 3.8) is 0 Å². The van der Waals surface area contributed by atoms with Crippen LogP contribution in [0.5, 0.6) is 0 Å². The van der Waals surface area contributed by atoms with Gasteiger partial charge in [-0.15, -0.1) is 0 Å². The Morgan fingerprint density at radius 1 is 1.33 bits per heavy atom. The SMILES string of the molecule is CC(C)N1C[C@H]2CCCO[C@H]2C1. The van der Waals surface area contributed by atoms with E-state index in [0.29, 0.717) is 12.1 Å². The van der Waals surface area contributed by atoms with Gasteiger partial charge in [0.1, 0.15) is 0 Å². The standard InChI is InChI=1S/C10H19NO/c1-8(2)11-6-9-4-3-5-12-10(9)7-11/h8-10H,3-7H2,1-2H3/t9-,10+/m1/s1. The Balaban J connectivity index is 1.94. The normalized spacial score (nSPS) is 37.2. The fourth-order valence-corrected chi connectivity index (χ4v) is 2.34. The van der Waals surface area contributed by atoms with Crippen LogP contribution in [0.15, 0.2) is 0 Å². The van der Waals surface area contributed by atoms with Crippen molar-refractivity contribution in [3.05, 3.63) is 0 Å². The van der Waals surface area contributed by atoms with Crippen molar-refractivity contribution in [1.29, 1.82) is 0 Å². The van der Waals surface area contributed by atoms with Gasteiger partial charge in [-0.25, -0.2) is 0 Å². The van der Waals surface area contributed by atoms with Crippen molar-refractivity contribution in [2.24, 2.45) is 5.92 Å². The lowest BCUT2D eigenvalue weighted by Crippen LogP contribution is -2.30. The summed E-state index contributed by atoms with van der Waals surface area (Å²) in [6.45, 7) is 7.98. The van der Waals surface area contributed by atoms with Gasteiger partial charge in [-0.3, -0.25) is 4.90 Å². The Kier molecular flexibility index (Phi) is 2.37. The van der Waals surface area contributed by atoms with Crippen molar-refractivity contribution >= 4 is 0 Å². The van der Waals surface area contributed by atoms with Crippen LogP contribution in [0.3, 0.4) is 0 Å². The van der Waals surface area contributed by atoms with Crippen molar-refractivity contribution in [2.45, 2.75) is 38.8 Å². The topological polar surface area (TPSA) is 12.5 Å². The lowest BCUT2D eigenvalue weighted by atomic mass is 9.98. The first kappa shape index (κ1) is 8.52. The van der Waals surface area contributed by atoms with Gasteiger partial charge >= 0.3 is 0 Å². The molecule has 0 aromatic carbocycles. The highest BCUT2D eigenvalue weighted by Gasteiger charge is 2.35. The maximum Gasteiger partial charge on any atom is 0.0742 e. The number of nitrogens with zero attached hydrogens (tertiary/aromatic N) is 1. The van der Waals surface area contributed by atoms with Crippen molar-refractivity contribution < 1.29 is 4.74 Å². The average molecular weight is 169 g/mol. The van der Waals surface area contributed by atoms with Crippen LogP contribution in [-0.2, 0) is 4.74 Å². The van der Waals surface area contributed by atoms with Crippen LogP contribution >= 0.6 is 0 Å². The van der Waals surface area contributed by atoms with Gasteiger partial charge in [0.05, 0.1) is 6.10 Å². The molecule has 0 N–H and O–H groups in total. The number of likely N-dealkylation sites (tertiary alicyclic amines) is 1. The Hall–Kier alpha value is -0.0800. The Bertz CT molecular complexity index is 144. The van der Waals surface area contributed by atoms with Crippen molar-refractivity contribution in [2.75, 3.05) is 19.7 Å². The number of rotatable bonds is 1. The van der Waals surface area contributed by atoms with E-state index in [-0.39, 0.29) is 0 Å². The van der Waals surface area contributed by atoms with Crippen molar-refractivity contribution in [1.82, 2.24) is 4.90 Å². The molecule has 0 aliphatic carbocycles. The van der Waals surface area contributed by atoms with E-state index in [1.54, 1.807) is 0 Å². The zero-order valence-corrected chi connectivity index (χ0v) is 8.12. The quantitative estimate of drug-likeness (QED) is 0.590. The third-order valence-electron chi connectivity index (χ3n) is 3.19. The molecule has 0 saturated carbocycles. The highest BCUT2D eigenvalue weighted by molar-refractivity contribution is 4.88. The molecule has 0 radical (unpaired) electrons. The second kappa shape index (κ2) is 3.35. The molecule has 0 unspecified atom stereocenters. The van der Waals surface area contributed by atoms with Crippen LogP contribution in [0.25, 0.3) is 0 Å². The minimum absolute atomic E-state index is 0.557. The molecule has 0 aromatic heterocycles. The molecular weight excluding hydrogens is 150 g/mol. The Morgan fingerprint density at radius 2 is 2.17 bits per heavy atom. The molecule has 2 aliphatic rings. The summed E-state index contributed by atoms with van der Waals surface area (Å²) in [7, 11) is 0. The first-order chi connectivity index (χ1) is 5.77. The van der Waals surface area contributed by atoms with Gasteiger partial charge in [0.2, 0.25) is 0 Å². The van der Waals surface area contributed by atoms with Gasteiger partial charge in [0.25, 0.3) is 0 Å². The lowest BCUT2D eigenvalue weighted by molar-refractivity contribution is -0.00157. The smallest absolute Gasteiger partial charge is 0.0742 e. The minimum atomic E-state index is 0.557. The van der Waals surface area contributed by atoms with Crippen LogP contribution in [0.4, 0.5) is 0 Å². The van der Waals surface area contributed by atoms with Gasteiger partial charge in [-0.05, 0) is 32.6 Å².